The standard InChI is InChI=1S/C17H28N4OS.HI/c1-3-19-17(21-14-7-8-16(12-14)23-4-2)20-10-11-22-15-6-5-9-18-13-15;/h5-6,9,13-14,16H,3-4,7-8,10-12H2,1-2H3,(H2,19,20,21);1H. The van der Waals surface area contributed by atoms with Crippen LogP contribution in [-0.2, 0) is 0 Å². The van der Waals surface area contributed by atoms with Gasteiger partial charge in [0.05, 0.1) is 12.7 Å². The van der Waals surface area contributed by atoms with E-state index in [1.165, 1.54) is 25.0 Å². The molecule has 0 amide bonds. The molecule has 1 saturated carbocycles. The van der Waals surface area contributed by atoms with E-state index in [1.807, 2.05) is 12.1 Å². The van der Waals surface area contributed by atoms with Crippen molar-refractivity contribution in [2.75, 3.05) is 25.4 Å². The van der Waals surface area contributed by atoms with Gasteiger partial charge >= 0.3 is 0 Å². The third kappa shape index (κ3) is 7.92. The molecule has 0 radical (unpaired) electrons. The molecule has 0 aromatic carbocycles. The first-order valence-electron chi connectivity index (χ1n) is 8.51. The lowest BCUT2D eigenvalue weighted by Gasteiger charge is -2.17. The maximum Gasteiger partial charge on any atom is 0.191 e. The molecule has 24 heavy (non-hydrogen) atoms. The number of ether oxygens (including phenoxy) is 1. The lowest BCUT2D eigenvalue weighted by molar-refractivity contribution is 0.327. The van der Waals surface area contributed by atoms with Crippen LogP contribution in [0.5, 0.6) is 5.75 Å². The van der Waals surface area contributed by atoms with Gasteiger partial charge in [0.15, 0.2) is 5.96 Å². The molecule has 1 aromatic rings. The maximum atomic E-state index is 5.63. The number of aliphatic imine (C=N–C) groups is 1. The summed E-state index contributed by atoms with van der Waals surface area (Å²) in [6, 6.07) is 4.32. The minimum Gasteiger partial charge on any atom is -0.490 e. The fourth-order valence-electron chi connectivity index (χ4n) is 2.73. The predicted octanol–water partition coefficient (Wildman–Crippen LogP) is 3.31. The average molecular weight is 464 g/mol. The molecule has 5 nitrogen and oxygen atoms in total. The molecule has 0 saturated heterocycles. The van der Waals surface area contributed by atoms with Crippen LogP contribution in [0.1, 0.15) is 33.1 Å². The van der Waals surface area contributed by atoms with E-state index in [0.717, 1.165) is 23.5 Å². The normalized spacial score (nSPS) is 20.3. The highest BCUT2D eigenvalue weighted by atomic mass is 127. The lowest BCUT2D eigenvalue weighted by atomic mass is 10.2. The fourth-order valence-corrected chi connectivity index (χ4v) is 3.87. The van der Waals surface area contributed by atoms with E-state index in [2.05, 4.69) is 46.2 Å². The molecule has 7 heteroatoms. The number of guanidine groups is 1. The van der Waals surface area contributed by atoms with Crippen LogP contribution in [0.2, 0.25) is 0 Å². The number of rotatable bonds is 8. The molecule has 2 N–H and O–H groups in total. The second kappa shape index (κ2) is 12.6. The molecule has 2 rings (SSSR count). The van der Waals surface area contributed by atoms with Crippen LogP contribution in [0.4, 0.5) is 0 Å². The maximum absolute atomic E-state index is 5.63. The van der Waals surface area contributed by atoms with Crippen molar-refractivity contribution in [1.29, 1.82) is 0 Å². The number of nitrogens with one attached hydrogen (secondary N) is 2. The Morgan fingerprint density at radius 2 is 2.29 bits per heavy atom. The summed E-state index contributed by atoms with van der Waals surface area (Å²) >= 11 is 2.08. The molecular formula is C17H29IN4OS. The minimum atomic E-state index is 0. The highest BCUT2D eigenvalue weighted by Gasteiger charge is 2.24. The van der Waals surface area contributed by atoms with Crippen LogP contribution in [-0.4, -0.2) is 47.7 Å². The fraction of sp³-hybridized carbons (Fsp3) is 0.647. The van der Waals surface area contributed by atoms with E-state index in [-0.39, 0.29) is 24.0 Å². The summed E-state index contributed by atoms with van der Waals surface area (Å²) in [5.74, 6) is 2.89. The number of thioether (sulfide) groups is 1. The zero-order valence-corrected chi connectivity index (χ0v) is 17.7. The van der Waals surface area contributed by atoms with Crippen LogP contribution in [0, 0.1) is 0 Å². The summed E-state index contributed by atoms with van der Waals surface area (Å²) in [6.45, 7) is 6.38. The van der Waals surface area contributed by atoms with Gasteiger partial charge in [-0.1, -0.05) is 6.92 Å². The highest BCUT2D eigenvalue weighted by molar-refractivity contribution is 14.0. The molecule has 136 valence electrons. The first-order valence-corrected chi connectivity index (χ1v) is 9.56. The Bertz CT molecular complexity index is 475. The van der Waals surface area contributed by atoms with E-state index >= 15 is 0 Å². The van der Waals surface area contributed by atoms with Crippen molar-refractivity contribution >= 4 is 41.7 Å². The smallest absolute Gasteiger partial charge is 0.191 e. The highest BCUT2D eigenvalue weighted by Crippen LogP contribution is 2.29. The van der Waals surface area contributed by atoms with Crippen molar-refractivity contribution < 1.29 is 4.74 Å². The van der Waals surface area contributed by atoms with Gasteiger partial charge in [0.2, 0.25) is 0 Å². The van der Waals surface area contributed by atoms with E-state index < -0.39 is 0 Å². The second-order valence-corrected chi connectivity index (χ2v) is 7.11. The Kier molecular flexibility index (Phi) is 11.2. The lowest BCUT2D eigenvalue weighted by Crippen LogP contribution is -2.42. The zero-order valence-electron chi connectivity index (χ0n) is 14.5. The average Bonchev–Trinajstić information content (AvgIpc) is 3.00. The van der Waals surface area contributed by atoms with Crippen molar-refractivity contribution in [3.8, 4) is 5.75 Å². The van der Waals surface area contributed by atoms with Crippen LogP contribution in [0.15, 0.2) is 29.5 Å². The van der Waals surface area contributed by atoms with Gasteiger partial charge in [0.25, 0.3) is 0 Å². The molecule has 2 atom stereocenters. The van der Waals surface area contributed by atoms with Gasteiger partial charge in [-0.15, -0.1) is 24.0 Å². The zero-order chi connectivity index (χ0) is 16.3. The van der Waals surface area contributed by atoms with Crippen LogP contribution < -0.4 is 15.4 Å². The molecule has 0 aliphatic heterocycles. The SMILES string of the molecule is CCNC(=NCCOc1cccnc1)NC1CCC(SCC)C1.I. The summed E-state index contributed by atoms with van der Waals surface area (Å²) < 4.78 is 5.63. The van der Waals surface area contributed by atoms with Gasteiger partial charge in [-0.05, 0) is 44.1 Å². The van der Waals surface area contributed by atoms with Gasteiger partial charge in [0.1, 0.15) is 12.4 Å². The number of halogens is 1. The Hall–Kier alpha value is -0.700. The molecule has 0 spiro atoms. The summed E-state index contributed by atoms with van der Waals surface area (Å²) in [5.41, 5.74) is 0. The first kappa shape index (κ1) is 21.3. The van der Waals surface area contributed by atoms with Crippen molar-refractivity contribution in [2.45, 2.75) is 44.4 Å². The van der Waals surface area contributed by atoms with Gasteiger partial charge < -0.3 is 15.4 Å². The predicted molar refractivity (Wildman–Crippen MR) is 114 cm³/mol. The van der Waals surface area contributed by atoms with Crippen LogP contribution in [0.25, 0.3) is 0 Å². The summed E-state index contributed by atoms with van der Waals surface area (Å²) in [5, 5.41) is 7.68. The van der Waals surface area contributed by atoms with Gasteiger partial charge in [-0.25, -0.2) is 4.99 Å². The Morgan fingerprint density at radius 3 is 3.00 bits per heavy atom. The Labute approximate surface area is 166 Å². The minimum absolute atomic E-state index is 0. The van der Waals surface area contributed by atoms with Crippen molar-refractivity contribution in [2.24, 2.45) is 4.99 Å². The number of hydrogen-bond donors (Lipinski definition) is 2. The topological polar surface area (TPSA) is 58.5 Å². The van der Waals surface area contributed by atoms with Gasteiger partial charge in [0, 0.05) is 24.0 Å². The molecule has 0 bridgehead atoms. The van der Waals surface area contributed by atoms with Crippen molar-refractivity contribution in [1.82, 2.24) is 15.6 Å². The third-order valence-electron chi connectivity index (χ3n) is 3.74. The molecule has 1 aromatic heterocycles. The number of pyridine rings is 1. The monoisotopic (exact) mass is 464 g/mol. The van der Waals surface area contributed by atoms with E-state index in [9.17, 15) is 0 Å². The second-order valence-electron chi connectivity index (χ2n) is 5.53. The number of nitrogens with zero attached hydrogens (tertiary/aromatic N) is 2. The Morgan fingerprint density at radius 1 is 1.42 bits per heavy atom. The molecule has 1 fully saturated rings. The number of hydrogen-bond acceptors (Lipinski definition) is 4. The Balaban J connectivity index is 0.00000288. The number of aromatic nitrogens is 1. The van der Waals surface area contributed by atoms with E-state index in [4.69, 9.17) is 4.74 Å². The van der Waals surface area contributed by atoms with Crippen molar-refractivity contribution in [3.63, 3.8) is 0 Å². The third-order valence-corrected chi connectivity index (χ3v) is 4.97. The van der Waals surface area contributed by atoms with Crippen LogP contribution in [0.3, 0.4) is 0 Å². The molecule has 2 unspecified atom stereocenters. The summed E-state index contributed by atoms with van der Waals surface area (Å²) in [4.78, 5) is 8.64. The summed E-state index contributed by atoms with van der Waals surface area (Å²) in [7, 11) is 0. The molecular weight excluding hydrogens is 435 g/mol. The molecule has 1 aliphatic carbocycles. The van der Waals surface area contributed by atoms with Gasteiger partial charge in [-0.3, -0.25) is 4.98 Å². The summed E-state index contributed by atoms with van der Waals surface area (Å²) in [6.07, 6.45) is 7.23. The first-order chi connectivity index (χ1) is 11.3. The van der Waals surface area contributed by atoms with Gasteiger partial charge in [-0.2, -0.15) is 11.8 Å². The quantitative estimate of drug-likeness (QED) is 0.268. The van der Waals surface area contributed by atoms with E-state index in [1.54, 1.807) is 12.4 Å². The van der Waals surface area contributed by atoms with E-state index in [0.29, 0.717) is 19.2 Å². The largest absolute Gasteiger partial charge is 0.490 e. The van der Waals surface area contributed by atoms with Crippen LogP contribution >= 0.6 is 35.7 Å². The molecule has 1 heterocycles. The molecule has 1 aliphatic rings. The van der Waals surface area contributed by atoms with Crippen molar-refractivity contribution in [3.05, 3.63) is 24.5 Å².